The number of rotatable bonds is 11. The van der Waals surface area contributed by atoms with Gasteiger partial charge in [-0.05, 0) is 6.42 Å². The minimum atomic E-state index is 0.905. The van der Waals surface area contributed by atoms with Gasteiger partial charge in [0.2, 0.25) is 0 Å². The standard InChI is InChI=1S/C17H29NO/c1-2-3-4-5-6-7-8-9-10-11-14-17-15-12-13-16-18(17)19/h12-13,15-16H,2-11,14H2,1H3. The molecule has 0 saturated heterocycles. The van der Waals surface area contributed by atoms with Gasteiger partial charge in [-0.3, -0.25) is 0 Å². The first-order valence-electron chi connectivity index (χ1n) is 8.01. The lowest BCUT2D eigenvalue weighted by Crippen LogP contribution is -2.30. The average molecular weight is 263 g/mol. The number of hydrogen-bond acceptors (Lipinski definition) is 1. The van der Waals surface area contributed by atoms with Crippen LogP contribution in [0, 0.1) is 5.21 Å². The first kappa shape index (κ1) is 16.0. The molecule has 1 rings (SSSR count). The van der Waals surface area contributed by atoms with Gasteiger partial charge < -0.3 is 5.21 Å². The summed E-state index contributed by atoms with van der Waals surface area (Å²) >= 11 is 0. The van der Waals surface area contributed by atoms with Crippen molar-refractivity contribution in [1.82, 2.24) is 0 Å². The maximum atomic E-state index is 11.4. The Bertz CT molecular complexity index is 325. The second kappa shape index (κ2) is 10.8. The van der Waals surface area contributed by atoms with Gasteiger partial charge in [0.05, 0.1) is 0 Å². The molecule has 0 atom stereocenters. The maximum absolute atomic E-state index is 11.4. The zero-order valence-electron chi connectivity index (χ0n) is 12.4. The van der Waals surface area contributed by atoms with Crippen LogP contribution in [0.2, 0.25) is 0 Å². The Morgan fingerprint density at radius 1 is 0.842 bits per heavy atom. The summed E-state index contributed by atoms with van der Waals surface area (Å²) in [5, 5.41) is 11.4. The summed E-state index contributed by atoms with van der Waals surface area (Å²) in [6.45, 7) is 2.26. The van der Waals surface area contributed by atoms with Crippen molar-refractivity contribution < 1.29 is 4.73 Å². The number of nitrogens with zero attached hydrogens (tertiary/aromatic N) is 1. The van der Waals surface area contributed by atoms with Crippen LogP contribution in [0.4, 0.5) is 0 Å². The maximum Gasteiger partial charge on any atom is 0.192 e. The molecular formula is C17H29NO. The molecule has 0 saturated carbocycles. The minimum absolute atomic E-state index is 0.905. The van der Waals surface area contributed by atoms with Crippen LogP contribution in [-0.4, -0.2) is 0 Å². The molecule has 0 aromatic carbocycles. The normalized spacial score (nSPS) is 10.8. The molecule has 0 aliphatic heterocycles. The van der Waals surface area contributed by atoms with Crippen molar-refractivity contribution in [1.29, 1.82) is 0 Å². The Morgan fingerprint density at radius 3 is 2.00 bits per heavy atom. The molecule has 0 amide bonds. The molecule has 2 nitrogen and oxygen atoms in total. The molecule has 0 aliphatic rings. The van der Waals surface area contributed by atoms with E-state index in [0.29, 0.717) is 0 Å². The highest BCUT2D eigenvalue weighted by molar-refractivity contribution is 4.97. The Kier molecular flexibility index (Phi) is 9.13. The smallest absolute Gasteiger partial charge is 0.192 e. The summed E-state index contributed by atoms with van der Waals surface area (Å²) in [6.07, 6.45) is 15.9. The van der Waals surface area contributed by atoms with Crippen LogP contribution in [0.25, 0.3) is 0 Å². The first-order valence-corrected chi connectivity index (χ1v) is 8.01. The van der Waals surface area contributed by atoms with Gasteiger partial charge in [0.1, 0.15) is 0 Å². The van der Waals surface area contributed by atoms with Gasteiger partial charge in [0.25, 0.3) is 0 Å². The SMILES string of the molecule is CCCCCCCCCCCCc1cccc[n+]1[O-]. The number of hydrogen-bond donors (Lipinski definition) is 0. The lowest BCUT2D eigenvalue weighted by Gasteiger charge is -2.04. The van der Waals surface area contributed by atoms with Crippen molar-refractivity contribution in [3.05, 3.63) is 35.3 Å². The number of aromatic nitrogens is 1. The van der Waals surface area contributed by atoms with E-state index in [0.717, 1.165) is 23.3 Å². The van der Waals surface area contributed by atoms with Crippen LogP contribution in [0.5, 0.6) is 0 Å². The molecule has 0 fully saturated rings. The van der Waals surface area contributed by atoms with Crippen LogP contribution in [0.1, 0.15) is 76.8 Å². The van der Waals surface area contributed by atoms with Crippen molar-refractivity contribution in [2.75, 3.05) is 0 Å². The monoisotopic (exact) mass is 263 g/mol. The van der Waals surface area contributed by atoms with E-state index in [2.05, 4.69) is 6.92 Å². The van der Waals surface area contributed by atoms with E-state index in [1.165, 1.54) is 57.8 Å². The molecule has 2 heteroatoms. The highest BCUT2D eigenvalue weighted by atomic mass is 16.5. The quantitative estimate of drug-likeness (QED) is 0.320. The molecule has 0 radical (unpaired) electrons. The Hall–Kier alpha value is -1.05. The summed E-state index contributed by atoms with van der Waals surface area (Å²) in [5.74, 6) is 0. The fraction of sp³-hybridized carbons (Fsp3) is 0.706. The van der Waals surface area contributed by atoms with Gasteiger partial charge in [0, 0.05) is 18.6 Å². The van der Waals surface area contributed by atoms with E-state index < -0.39 is 0 Å². The van der Waals surface area contributed by atoms with Crippen molar-refractivity contribution in [3.63, 3.8) is 0 Å². The average Bonchev–Trinajstić information content (AvgIpc) is 2.43. The number of unbranched alkanes of at least 4 members (excludes halogenated alkanes) is 9. The van der Waals surface area contributed by atoms with E-state index in [9.17, 15) is 5.21 Å². The molecule has 1 aromatic heterocycles. The largest absolute Gasteiger partial charge is 0.619 e. The lowest BCUT2D eigenvalue weighted by molar-refractivity contribution is -0.614. The van der Waals surface area contributed by atoms with Crippen molar-refractivity contribution in [2.45, 2.75) is 77.6 Å². The summed E-state index contributed by atoms with van der Waals surface area (Å²) in [5.41, 5.74) is 0.905. The van der Waals surface area contributed by atoms with Crippen LogP contribution >= 0.6 is 0 Å². The fourth-order valence-electron chi connectivity index (χ4n) is 2.45. The van der Waals surface area contributed by atoms with E-state index in [4.69, 9.17) is 0 Å². The van der Waals surface area contributed by atoms with E-state index in [-0.39, 0.29) is 0 Å². The van der Waals surface area contributed by atoms with E-state index >= 15 is 0 Å². The molecule has 0 N–H and O–H groups in total. The number of aryl methyl sites for hydroxylation is 1. The molecule has 108 valence electrons. The third-order valence-electron chi connectivity index (χ3n) is 3.69. The molecule has 0 unspecified atom stereocenters. The van der Waals surface area contributed by atoms with Crippen molar-refractivity contribution in [3.8, 4) is 0 Å². The van der Waals surface area contributed by atoms with Gasteiger partial charge in [-0.2, -0.15) is 4.73 Å². The molecule has 0 aliphatic carbocycles. The molecular weight excluding hydrogens is 234 g/mol. The van der Waals surface area contributed by atoms with Crippen molar-refractivity contribution in [2.24, 2.45) is 0 Å². The molecule has 1 aromatic rings. The lowest BCUT2D eigenvalue weighted by atomic mass is 10.1. The van der Waals surface area contributed by atoms with Gasteiger partial charge in [0.15, 0.2) is 11.9 Å². The molecule has 1 heterocycles. The fourth-order valence-corrected chi connectivity index (χ4v) is 2.45. The molecule has 0 spiro atoms. The summed E-state index contributed by atoms with van der Waals surface area (Å²) < 4.78 is 0.994. The van der Waals surface area contributed by atoms with Crippen LogP contribution in [-0.2, 0) is 6.42 Å². The minimum Gasteiger partial charge on any atom is -0.619 e. The topological polar surface area (TPSA) is 26.9 Å². The van der Waals surface area contributed by atoms with E-state index in [1.807, 2.05) is 12.1 Å². The third-order valence-corrected chi connectivity index (χ3v) is 3.69. The molecule has 0 bridgehead atoms. The summed E-state index contributed by atoms with van der Waals surface area (Å²) in [6, 6.07) is 5.66. The highest BCUT2D eigenvalue weighted by Crippen LogP contribution is 2.11. The Morgan fingerprint density at radius 2 is 1.42 bits per heavy atom. The van der Waals surface area contributed by atoms with E-state index in [1.54, 1.807) is 12.3 Å². The molecule has 19 heavy (non-hydrogen) atoms. The zero-order valence-corrected chi connectivity index (χ0v) is 12.4. The number of pyridine rings is 1. The van der Waals surface area contributed by atoms with Crippen LogP contribution in [0.15, 0.2) is 24.4 Å². The van der Waals surface area contributed by atoms with Crippen molar-refractivity contribution >= 4 is 0 Å². The van der Waals surface area contributed by atoms with Gasteiger partial charge >= 0.3 is 0 Å². The van der Waals surface area contributed by atoms with Gasteiger partial charge in [-0.1, -0.05) is 70.8 Å². The van der Waals surface area contributed by atoms with Gasteiger partial charge in [-0.15, -0.1) is 0 Å². The first-order chi connectivity index (χ1) is 9.34. The second-order valence-corrected chi connectivity index (χ2v) is 5.45. The predicted molar refractivity (Wildman–Crippen MR) is 81.0 cm³/mol. The second-order valence-electron chi connectivity index (χ2n) is 5.45. The zero-order chi connectivity index (χ0) is 13.8. The van der Waals surface area contributed by atoms with Crippen LogP contribution < -0.4 is 4.73 Å². The Balaban J connectivity index is 1.90. The van der Waals surface area contributed by atoms with Gasteiger partial charge in [-0.25, -0.2) is 0 Å². The highest BCUT2D eigenvalue weighted by Gasteiger charge is 2.02. The summed E-state index contributed by atoms with van der Waals surface area (Å²) in [7, 11) is 0. The predicted octanol–water partition coefficient (Wildman–Crippen LogP) is 4.78. The van der Waals surface area contributed by atoms with Crippen LogP contribution in [0.3, 0.4) is 0 Å². The summed E-state index contributed by atoms with van der Waals surface area (Å²) in [4.78, 5) is 0. The third kappa shape index (κ3) is 7.86. The Labute approximate surface area is 118 Å².